The van der Waals surface area contributed by atoms with E-state index in [4.69, 9.17) is 0 Å². The summed E-state index contributed by atoms with van der Waals surface area (Å²) in [6.07, 6.45) is 4.47. The van der Waals surface area contributed by atoms with E-state index in [1.165, 1.54) is 0 Å². The van der Waals surface area contributed by atoms with Crippen LogP contribution in [0.4, 0.5) is 0 Å². The summed E-state index contributed by atoms with van der Waals surface area (Å²) in [6, 6.07) is 11.1. The summed E-state index contributed by atoms with van der Waals surface area (Å²) in [4.78, 5) is 32.8. The van der Waals surface area contributed by atoms with Crippen LogP contribution >= 0.6 is 11.3 Å². The molecule has 26 heavy (non-hydrogen) atoms. The number of amides is 1. The number of hydrogen-bond acceptors (Lipinski definition) is 5. The Hall–Kier alpha value is -2.86. The van der Waals surface area contributed by atoms with Crippen LogP contribution in [0, 0.1) is 0 Å². The molecule has 0 saturated heterocycles. The third kappa shape index (κ3) is 4.83. The minimum atomic E-state index is -0.0900. The van der Waals surface area contributed by atoms with E-state index in [0.717, 1.165) is 17.0 Å². The highest BCUT2D eigenvalue weighted by Gasteiger charge is 2.11. The Morgan fingerprint density at radius 1 is 1.00 bits per heavy atom. The normalized spacial score (nSPS) is 10.5. The number of rotatable bonds is 8. The SMILES string of the molecule is O=C(CCCC(=O)c1ccccc1)NCc1nccnc1-c1ccsc1. The van der Waals surface area contributed by atoms with Gasteiger partial charge in [-0.15, -0.1) is 0 Å². The lowest BCUT2D eigenvalue weighted by Gasteiger charge is -2.08. The molecule has 6 heteroatoms. The van der Waals surface area contributed by atoms with Gasteiger partial charge < -0.3 is 5.32 Å². The van der Waals surface area contributed by atoms with Gasteiger partial charge in [0.1, 0.15) is 0 Å². The predicted molar refractivity (Wildman–Crippen MR) is 102 cm³/mol. The van der Waals surface area contributed by atoms with Gasteiger partial charge >= 0.3 is 0 Å². The molecule has 2 heterocycles. The van der Waals surface area contributed by atoms with Crippen LogP contribution in [0.3, 0.4) is 0 Å². The second-order valence-electron chi connectivity index (χ2n) is 5.78. The lowest BCUT2D eigenvalue weighted by molar-refractivity contribution is -0.121. The maximum atomic E-state index is 12.1. The van der Waals surface area contributed by atoms with E-state index in [1.807, 2.05) is 35.0 Å². The minimum absolute atomic E-state index is 0.0621. The zero-order chi connectivity index (χ0) is 18.2. The van der Waals surface area contributed by atoms with E-state index in [0.29, 0.717) is 31.4 Å². The quantitative estimate of drug-likeness (QED) is 0.615. The van der Waals surface area contributed by atoms with Crippen molar-refractivity contribution in [1.82, 2.24) is 15.3 Å². The lowest BCUT2D eigenvalue weighted by Crippen LogP contribution is -2.23. The fourth-order valence-corrected chi connectivity index (χ4v) is 3.23. The molecule has 2 aromatic heterocycles. The molecule has 1 N–H and O–H groups in total. The molecular weight excluding hydrogens is 346 g/mol. The Kier molecular flexibility index (Phi) is 6.22. The van der Waals surface area contributed by atoms with Crippen LogP contribution in [0.2, 0.25) is 0 Å². The van der Waals surface area contributed by atoms with Crippen LogP contribution in [0.5, 0.6) is 0 Å². The Morgan fingerprint density at radius 3 is 2.58 bits per heavy atom. The molecule has 0 fully saturated rings. The Balaban J connectivity index is 1.47. The molecule has 0 aliphatic heterocycles. The molecule has 1 aromatic carbocycles. The summed E-state index contributed by atoms with van der Waals surface area (Å²) in [5.41, 5.74) is 3.21. The fourth-order valence-electron chi connectivity index (χ4n) is 2.59. The molecule has 3 rings (SSSR count). The summed E-state index contributed by atoms with van der Waals surface area (Å²) in [7, 11) is 0. The van der Waals surface area contributed by atoms with Crippen molar-refractivity contribution < 1.29 is 9.59 Å². The highest BCUT2D eigenvalue weighted by Crippen LogP contribution is 2.22. The van der Waals surface area contributed by atoms with Crippen molar-refractivity contribution in [3.05, 3.63) is 70.8 Å². The third-order valence-corrected chi connectivity index (χ3v) is 4.61. The third-order valence-electron chi connectivity index (χ3n) is 3.93. The molecule has 0 spiro atoms. The van der Waals surface area contributed by atoms with E-state index in [9.17, 15) is 9.59 Å². The van der Waals surface area contributed by atoms with Crippen molar-refractivity contribution in [2.45, 2.75) is 25.8 Å². The largest absolute Gasteiger partial charge is 0.350 e. The number of thiophene rings is 1. The number of benzene rings is 1. The summed E-state index contributed by atoms with van der Waals surface area (Å²) >= 11 is 1.59. The molecule has 0 aliphatic carbocycles. The molecule has 3 aromatic rings. The second kappa shape index (κ2) is 9.01. The standard InChI is InChI=1S/C20H19N3O2S/c24-18(15-5-2-1-3-6-15)7-4-8-19(25)23-13-17-20(22-11-10-21-17)16-9-12-26-14-16/h1-3,5-6,9-12,14H,4,7-8,13H2,(H,23,25). The Labute approximate surface area is 156 Å². The first kappa shape index (κ1) is 17.9. The van der Waals surface area contributed by atoms with Crippen molar-refractivity contribution in [2.75, 3.05) is 0 Å². The number of nitrogens with one attached hydrogen (secondary N) is 1. The molecule has 5 nitrogen and oxygen atoms in total. The Bertz CT molecular complexity index is 864. The van der Waals surface area contributed by atoms with Crippen molar-refractivity contribution >= 4 is 23.0 Å². The van der Waals surface area contributed by atoms with Crippen LogP contribution in [0.1, 0.15) is 35.3 Å². The number of ketones is 1. The number of hydrogen-bond donors (Lipinski definition) is 1. The van der Waals surface area contributed by atoms with Crippen LogP contribution in [-0.4, -0.2) is 21.7 Å². The number of nitrogens with zero attached hydrogens (tertiary/aromatic N) is 2. The van der Waals surface area contributed by atoms with Gasteiger partial charge in [0.05, 0.1) is 17.9 Å². The van der Waals surface area contributed by atoms with Gasteiger partial charge in [0.2, 0.25) is 5.91 Å². The average Bonchev–Trinajstić information content (AvgIpc) is 3.22. The highest BCUT2D eigenvalue weighted by molar-refractivity contribution is 7.08. The average molecular weight is 365 g/mol. The molecule has 0 saturated carbocycles. The fraction of sp³-hybridized carbons (Fsp3) is 0.200. The van der Waals surface area contributed by atoms with Gasteiger partial charge in [-0.1, -0.05) is 30.3 Å². The maximum absolute atomic E-state index is 12.1. The van der Waals surface area contributed by atoms with Gasteiger partial charge in [0.15, 0.2) is 5.78 Å². The summed E-state index contributed by atoms with van der Waals surface area (Å²) in [5.74, 6) is -0.0279. The second-order valence-corrected chi connectivity index (χ2v) is 6.56. The monoisotopic (exact) mass is 365 g/mol. The molecule has 1 amide bonds. The summed E-state index contributed by atoms with van der Waals surface area (Å²) in [5, 5.41) is 6.85. The lowest BCUT2D eigenvalue weighted by atomic mass is 10.1. The first-order chi connectivity index (χ1) is 12.7. The van der Waals surface area contributed by atoms with Crippen molar-refractivity contribution in [2.24, 2.45) is 0 Å². The van der Waals surface area contributed by atoms with Crippen LogP contribution in [0.15, 0.2) is 59.6 Å². The van der Waals surface area contributed by atoms with Gasteiger partial charge in [-0.25, -0.2) is 0 Å². The molecule has 0 bridgehead atoms. The first-order valence-corrected chi connectivity index (χ1v) is 9.35. The van der Waals surface area contributed by atoms with Crippen LogP contribution in [-0.2, 0) is 11.3 Å². The topological polar surface area (TPSA) is 72.0 Å². The maximum Gasteiger partial charge on any atom is 0.220 e. The van der Waals surface area contributed by atoms with Gasteiger partial charge in [0.25, 0.3) is 0 Å². The first-order valence-electron chi connectivity index (χ1n) is 8.41. The van der Waals surface area contributed by atoms with Gasteiger partial charge in [-0.05, 0) is 17.9 Å². The van der Waals surface area contributed by atoms with Crippen LogP contribution < -0.4 is 5.32 Å². The number of Topliss-reactive ketones (excluding diaryl/α,β-unsaturated/α-hetero) is 1. The zero-order valence-corrected chi connectivity index (χ0v) is 15.0. The van der Waals surface area contributed by atoms with E-state index >= 15 is 0 Å². The molecule has 0 radical (unpaired) electrons. The molecule has 0 unspecified atom stereocenters. The Morgan fingerprint density at radius 2 is 1.81 bits per heavy atom. The van der Waals surface area contributed by atoms with E-state index in [2.05, 4.69) is 15.3 Å². The smallest absolute Gasteiger partial charge is 0.220 e. The van der Waals surface area contributed by atoms with Gasteiger partial charge in [0, 0.05) is 41.7 Å². The van der Waals surface area contributed by atoms with Crippen molar-refractivity contribution in [3.63, 3.8) is 0 Å². The number of carbonyl (C=O) groups excluding carboxylic acids is 2. The molecule has 0 aliphatic rings. The molecule has 0 atom stereocenters. The minimum Gasteiger partial charge on any atom is -0.350 e. The van der Waals surface area contributed by atoms with E-state index in [-0.39, 0.29) is 11.7 Å². The van der Waals surface area contributed by atoms with Crippen molar-refractivity contribution in [1.29, 1.82) is 0 Å². The van der Waals surface area contributed by atoms with E-state index in [1.54, 1.807) is 35.9 Å². The molecular formula is C20H19N3O2S. The number of aromatic nitrogens is 2. The van der Waals surface area contributed by atoms with E-state index < -0.39 is 0 Å². The summed E-state index contributed by atoms with van der Waals surface area (Å²) in [6.45, 7) is 0.324. The van der Waals surface area contributed by atoms with Crippen LogP contribution in [0.25, 0.3) is 11.3 Å². The highest BCUT2D eigenvalue weighted by atomic mass is 32.1. The predicted octanol–water partition coefficient (Wildman–Crippen LogP) is 3.87. The zero-order valence-electron chi connectivity index (χ0n) is 14.2. The van der Waals surface area contributed by atoms with Gasteiger partial charge in [-0.2, -0.15) is 11.3 Å². The number of carbonyl (C=O) groups is 2. The van der Waals surface area contributed by atoms with Crippen molar-refractivity contribution in [3.8, 4) is 11.3 Å². The van der Waals surface area contributed by atoms with Gasteiger partial charge in [-0.3, -0.25) is 19.6 Å². The summed E-state index contributed by atoms with van der Waals surface area (Å²) < 4.78 is 0. The molecule has 132 valence electrons.